The molecule has 0 spiro atoms. The van der Waals surface area contributed by atoms with E-state index in [2.05, 4.69) is 20.9 Å². The van der Waals surface area contributed by atoms with Gasteiger partial charge in [-0.1, -0.05) is 13.0 Å². The highest BCUT2D eigenvalue weighted by Crippen LogP contribution is 2.29. The molecule has 3 aromatic rings. The third-order valence-electron chi connectivity index (χ3n) is 2.80. The van der Waals surface area contributed by atoms with Crippen LogP contribution in [0.3, 0.4) is 0 Å². The first kappa shape index (κ1) is 14.4. The van der Waals surface area contributed by atoms with Gasteiger partial charge in [-0.25, -0.2) is 9.97 Å². The van der Waals surface area contributed by atoms with Crippen molar-refractivity contribution < 1.29 is 0 Å². The van der Waals surface area contributed by atoms with Gasteiger partial charge in [0.05, 0.1) is 5.39 Å². The Morgan fingerprint density at radius 3 is 3.05 bits per heavy atom. The van der Waals surface area contributed by atoms with Crippen molar-refractivity contribution in [2.24, 2.45) is 0 Å². The Kier molecular flexibility index (Phi) is 4.18. The molecule has 21 heavy (non-hydrogen) atoms. The Morgan fingerprint density at radius 2 is 2.33 bits per heavy atom. The number of fused-ring (bicyclic) bond motifs is 1. The van der Waals surface area contributed by atoms with Crippen LogP contribution < -0.4 is 5.56 Å². The van der Waals surface area contributed by atoms with Gasteiger partial charge >= 0.3 is 0 Å². The Labute approximate surface area is 133 Å². The van der Waals surface area contributed by atoms with E-state index in [1.165, 1.54) is 34.6 Å². The molecular weight excluding hydrogens is 324 g/mol. The fourth-order valence-corrected chi connectivity index (χ4v) is 4.31. The summed E-state index contributed by atoms with van der Waals surface area (Å²) in [5, 5.41) is 3.16. The molecule has 0 radical (unpaired) electrons. The van der Waals surface area contributed by atoms with Crippen molar-refractivity contribution in [1.29, 1.82) is 0 Å². The zero-order valence-electron chi connectivity index (χ0n) is 11.3. The topological polar surface area (TPSA) is 60.7 Å². The van der Waals surface area contributed by atoms with Gasteiger partial charge in [0, 0.05) is 13.0 Å². The van der Waals surface area contributed by atoms with Gasteiger partial charge in [-0.3, -0.25) is 9.36 Å². The van der Waals surface area contributed by atoms with Crippen molar-refractivity contribution in [3.05, 3.63) is 40.3 Å². The molecule has 0 bridgehead atoms. The fraction of sp³-hybridized carbons (Fsp3) is 0.231. The van der Waals surface area contributed by atoms with Crippen molar-refractivity contribution in [1.82, 2.24) is 18.9 Å². The third kappa shape index (κ3) is 2.78. The second-order valence-electron chi connectivity index (χ2n) is 4.17. The molecule has 0 aliphatic carbocycles. The maximum absolute atomic E-state index is 12.5. The molecule has 0 saturated heterocycles. The Hall–Kier alpha value is -1.51. The fourth-order valence-electron chi connectivity index (χ4n) is 1.80. The van der Waals surface area contributed by atoms with Crippen LogP contribution in [0.4, 0.5) is 0 Å². The summed E-state index contributed by atoms with van der Waals surface area (Å²) in [6.45, 7) is 6.15. The smallest absolute Gasteiger partial charge is 0.263 e. The van der Waals surface area contributed by atoms with Crippen molar-refractivity contribution >= 4 is 44.8 Å². The number of rotatable bonds is 5. The predicted molar refractivity (Wildman–Crippen MR) is 87.5 cm³/mol. The molecule has 0 amide bonds. The summed E-state index contributed by atoms with van der Waals surface area (Å²) in [6.07, 6.45) is 2.50. The number of thiophene rings is 1. The molecule has 0 saturated carbocycles. The van der Waals surface area contributed by atoms with Crippen molar-refractivity contribution in [3.8, 4) is 0 Å². The van der Waals surface area contributed by atoms with Gasteiger partial charge in [-0.15, -0.1) is 17.9 Å². The monoisotopic (exact) mass is 336 g/mol. The summed E-state index contributed by atoms with van der Waals surface area (Å²) in [7, 11) is 0. The summed E-state index contributed by atoms with van der Waals surface area (Å²) >= 11 is 4.18. The van der Waals surface area contributed by atoms with Crippen LogP contribution in [0.5, 0.6) is 0 Å². The van der Waals surface area contributed by atoms with E-state index >= 15 is 0 Å². The Morgan fingerprint density at radius 1 is 1.48 bits per heavy atom. The van der Waals surface area contributed by atoms with E-state index in [-0.39, 0.29) is 5.56 Å². The van der Waals surface area contributed by atoms with Gasteiger partial charge in [0.2, 0.25) is 0 Å². The lowest BCUT2D eigenvalue weighted by molar-refractivity contribution is 0.672. The number of aryl methyl sites for hydroxylation is 1. The molecule has 5 nitrogen and oxygen atoms in total. The normalized spacial score (nSPS) is 11.1. The molecule has 108 valence electrons. The lowest BCUT2D eigenvalue weighted by Gasteiger charge is -2.08. The summed E-state index contributed by atoms with van der Waals surface area (Å²) < 4.78 is 6.68. The van der Waals surface area contributed by atoms with E-state index in [4.69, 9.17) is 0 Å². The highest BCUT2D eigenvalue weighted by atomic mass is 32.2. The molecule has 0 fully saturated rings. The van der Waals surface area contributed by atoms with E-state index in [1.807, 2.05) is 18.4 Å². The lowest BCUT2D eigenvalue weighted by Crippen LogP contribution is -2.22. The molecule has 0 aromatic carbocycles. The first-order valence-corrected chi connectivity index (χ1v) is 8.79. The van der Waals surface area contributed by atoms with Crippen LogP contribution in [0.15, 0.2) is 38.4 Å². The minimum Gasteiger partial charge on any atom is -0.283 e. The number of aromatic nitrogens is 4. The van der Waals surface area contributed by atoms with Crippen molar-refractivity contribution in [2.75, 3.05) is 0 Å². The average molecular weight is 336 g/mol. The zero-order chi connectivity index (χ0) is 14.8. The van der Waals surface area contributed by atoms with Crippen LogP contribution in [0.25, 0.3) is 10.2 Å². The van der Waals surface area contributed by atoms with E-state index in [0.29, 0.717) is 17.1 Å². The van der Waals surface area contributed by atoms with Gasteiger partial charge in [-0.2, -0.15) is 4.37 Å². The van der Waals surface area contributed by atoms with E-state index < -0.39 is 0 Å². The quantitative estimate of drug-likeness (QED) is 0.529. The SMILES string of the molecule is C=CCn1c(Sc2nc(CC)ns2)nc2sccc2c1=O. The minimum atomic E-state index is -0.0381. The lowest BCUT2D eigenvalue weighted by atomic mass is 10.4. The van der Waals surface area contributed by atoms with E-state index in [1.54, 1.807) is 10.6 Å². The van der Waals surface area contributed by atoms with Crippen LogP contribution in [0.1, 0.15) is 12.7 Å². The molecule has 3 aromatic heterocycles. The number of nitrogens with zero attached hydrogens (tertiary/aromatic N) is 4. The molecule has 0 unspecified atom stereocenters. The van der Waals surface area contributed by atoms with E-state index in [9.17, 15) is 4.79 Å². The zero-order valence-corrected chi connectivity index (χ0v) is 13.7. The van der Waals surface area contributed by atoms with Crippen LogP contribution in [0, 0.1) is 0 Å². The summed E-state index contributed by atoms with van der Waals surface area (Å²) in [6, 6.07) is 1.81. The third-order valence-corrected chi connectivity index (χ3v) is 5.39. The second kappa shape index (κ2) is 6.08. The van der Waals surface area contributed by atoms with Crippen LogP contribution in [-0.4, -0.2) is 18.9 Å². The first-order chi connectivity index (χ1) is 10.2. The Balaban J connectivity index is 2.08. The van der Waals surface area contributed by atoms with Gasteiger partial charge in [0.25, 0.3) is 5.56 Å². The van der Waals surface area contributed by atoms with E-state index in [0.717, 1.165) is 21.4 Å². The number of hydrogen-bond acceptors (Lipinski definition) is 7. The van der Waals surface area contributed by atoms with Gasteiger partial charge < -0.3 is 0 Å². The largest absolute Gasteiger partial charge is 0.283 e. The molecular formula is C13H12N4OS3. The molecule has 0 aliphatic rings. The standard InChI is InChI=1S/C13H12N4OS3/c1-3-6-17-11(18)8-5-7-19-10(8)15-12(17)20-13-14-9(4-2)16-21-13/h3,5,7H,1,4,6H2,2H3. The van der Waals surface area contributed by atoms with Crippen molar-refractivity contribution in [2.45, 2.75) is 29.4 Å². The molecule has 0 atom stereocenters. The summed E-state index contributed by atoms with van der Waals surface area (Å²) in [5.41, 5.74) is -0.0381. The van der Waals surface area contributed by atoms with Crippen LogP contribution in [-0.2, 0) is 13.0 Å². The highest BCUT2D eigenvalue weighted by molar-refractivity contribution is 8.00. The molecule has 8 heteroatoms. The summed E-state index contributed by atoms with van der Waals surface area (Å²) in [4.78, 5) is 22.2. The average Bonchev–Trinajstić information content (AvgIpc) is 3.12. The molecule has 0 N–H and O–H groups in total. The number of hydrogen-bond donors (Lipinski definition) is 0. The highest BCUT2D eigenvalue weighted by Gasteiger charge is 2.14. The molecule has 3 rings (SSSR count). The minimum absolute atomic E-state index is 0.0381. The molecule has 3 heterocycles. The van der Waals surface area contributed by atoms with Gasteiger partial charge in [-0.05, 0) is 34.7 Å². The maximum atomic E-state index is 12.5. The summed E-state index contributed by atoms with van der Waals surface area (Å²) in [5.74, 6) is 0.817. The second-order valence-corrected chi connectivity index (χ2v) is 7.03. The van der Waals surface area contributed by atoms with Gasteiger partial charge in [0.15, 0.2) is 9.50 Å². The van der Waals surface area contributed by atoms with Crippen LogP contribution in [0.2, 0.25) is 0 Å². The van der Waals surface area contributed by atoms with Crippen molar-refractivity contribution in [3.63, 3.8) is 0 Å². The Bertz CT molecular complexity index is 849. The van der Waals surface area contributed by atoms with Gasteiger partial charge in [0.1, 0.15) is 10.7 Å². The first-order valence-electron chi connectivity index (χ1n) is 6.32. The van der Waals surface area contributed by atoms with Crippen LogP contribution >= 0.6 is 34.6 Å². The molecule has 0 aliphatic heterocycles. The maximum Gasteiger partial charge on any atom is 0.263 e. The predicted octanol–water partition coefficient (Wildman–Crippen LogP) is 3.21. The number of allylic oxidation sites excluding steroid dienone is 1.